The second-order valence-electron chi connectivity index (χ2n) is 13.7. The zero-order valence-electron chi connectivity index (χ0n) is 30.0. The summed E-state index contributed by atoms with van der Waals surface area (Å²) < 4.78 is 50.0. The molecule has 1 unspecified atom stereocenters. The first-order valence-electron chi connectivity index (χ1n) is 17.7. The van der Waals surface area contributed by atoms with Crippen molar-refractivity contribution in [3.8, 4) is 16.9 Å². The van der Waals surface area contributed by atoms with Crippen molar-refractivity contribution in [2.75, 3.05) is 36.0 Å². The van der Waals surface area contributed by atoms with Gasteiger partial charge < -0.3 is 14.9 Å². The molecule has 0 amide bonds. The molecule has 0 saturated carbocycles. The van der Waals surface area contributed by atoms with Gasteiger partial charge >= 0.3 is 11.6 Å². The maximum Gasteiger partial charge on any atom is 0.351 e. The Bertz CT molecular complexity index is 2200. The van der Waals surface area contributed by atoms with E-state index in [0.29, 0.717) is 11.4 Å². The minimum absolute atomic E-state index is 0.0241. The highest BCUT2D eigenvalue weighted by Gasteiger charge is 2.56. The summed E-state index contributed by atoms with van der Waals surface area (Å²) in [5.74, 6) is -3.73. The van der Waals surface area contributed by atoms with Crippen molar-refractivity contribution < 1.29 is 18.3 Å². The van der Waals surface area contributed by atoms with E-state index in [1.165, 1.54) is 29.2 Å². The van der Waals surface area contributed by atoms with Gasteiger partial charge in [0.05, 0.1) is 24.5 Å². The average Bonchev–Trinajstić information content (AvgIpc) is 3.85. The third-order valence-electron chi connectivity index (χ3n) is 10.1. The van der Waals surface area contributed by atoms with Gasteiger partial charge in [-0.25, -0.2) is 28.1 Å². The second kappa shape index (κ2) is 14.9. The maximum atomic E-state index is 16.2. The molecule has 4 aromatic heterocycles. The third kappa shape index (κ3) is 6.96. The molecule has 0 bridgehead atoms. The Labute approximate surface area is 309 Å². The fourth-order valence-electron chi connectivity index (χ4n) is 6.97. The van der Waals surface area contributed by atoms with Crippen LogP contribution in [0.15, 0.2) is 103 Å². The van der Waals surface area contributed by atoms with Gasteiger partial charge in [0.15, 0.2) is 5.60 Å². The van der Waals surface area contributed by atoms with Crippen LogP contribution in [0.3, 0.4) is 0 Å². The summed E-state index contributed by atoms with van der Waals surface area (Å²) in [5.41, 5.74) is -0.523. The molecule has 1 fully saturated rings. The smallest absolute Gasteiger partial charge is 0.351 e. The summed E-state index contributed by atoms with van der Waals surface area (Å²) in [6.07, 6.45) is 6.58. The van der Waals surface area contributed by atoms with Gasteiger partial charge in [0.2, 0.25) is 0 Å². The first-order valence-corrected chi connectivity index (χ1v) is 17.7. The van der Waals surface area contributed by atoms with E-state index in [1.807, 2.05) is 36.4 Å². The van der Waals surface area contributed by atoms with Crippen LogP contribution in [-0.4, -0.2) is 75.8 Å². The quantitative estimate of drug-likeness (QED) is 0.178. The van der Waals surface area contributed by atoms with Crippen LogP contribution in [0.25, 0.3) is 16.9 Å². The van der Waals surface area contributed by atoms with E-state index < -0.39 is 29.6 Å². The first-order chi connectivity index (χ1) is 26.0. The van der Waals surface area contributed by atoms with E-state index >= 15 is 8.78 Å². The molecule has 7 rings (SSSR count). The van der Waals surface area contributed by atoms with E-state index in [1.54, 1.807) is 10.9 Å². The molecule has 54 heavy (non-hydrogen) atoms. The van der Waals surface area contributed by atoms with Gasteiger partial charge in [-0.2, -0.15) is 13.9 Å². The molecule has 2 atom stereocenters. The lowest BCUT2D eigenvalue weighted by atomic mass is 9.85. The first kappa shape index (κ1) is 36.5. The Morgan fingerprint density at radius 3 is 2.06 bits per heavy atom. The van der Waals surface area contributed by atoms with Crippen molar-refractivity contribution in [2.24, 2.45) is 5.92 Å². The summed E-state index contributed by atoms with van der Waals surface area (Å²) >= 11 is 0. The molecule has 6 aromatic rings. The molecule has 0 aliphatic carbocycles. The number of benzene rings is 2. The lowest BCUT2D eigenvalue weighted by Gasteiger charge is -2.37. The maximum absolute atomic E-state index is 16.2. The number of rotatable bonds is 12. The second-order valence-corrected chi connectivity index (χ2v) is 13.7. The Kier molecular flexibility index (Phi) is 10.0. The number of alkyl halides is 2. The van der Waals surface area contributed by atoms with Crippen molar-refractivity contribution >= 4 is 11.4 Å². The fourth-order valence-corrected chi connectivity index (χ4v) is 6.97. The lowest BCUT2D eigenvalue weighted by molar-refractivity contribution is -0.206. The summed E-state index contributed by atoms with van der Waals surface area (Å²) in [6, 6.07) is 18.6. The zero-order valence-corrected chi connectivity index (χ0v) is 30.0. The molecule has 0 spiro atoms. The normalized spacial score (nSPS) is 15.4. The predicted octanol–water partition coefficient (Wildman–Crippen LogP) is 5.23. The number of hydrogen-bond donors (Lipinski definition) is 1. The van der Waals surface area contributed by atoms with Gasteiger partial charge in [0.25, 0.3) is 0 Å². The monoisotopic (exact) mass is 739 g/mol. The van der Waals surface area contributed by atoms with Crippen LogP contribution in [0.2, 0.25) is 0 Å². The van der Waals surface area contributed by atoms with Crippen molar-refractivity contribution in [3.05, 3.63) is 125 Å². The van der Waals surface area contributed by atoms with Crippen molar-refractivity contribution in [1.82, 2.24) is 44.5 Å². The van der Waals surface area contributed by atoms with E-state index in [9.17, 15) is 14.3 Å². The average molecular weight is 740 g/mol. The SMILES string of the molecule is CC[C@@H](C(C)C)n1ncn(-c2ccc(N3CCN(c4ccc(-c5ccc(C(F)(F)C(O)(Cn6cnnn6)c6ccc(F)cc6)nc5)cc4)CC3)cn2)c1=O. The molecule has 0 radical (unpaired) electrons. The molecule has 16 heteroatoms. The standard InChI is InChI=1S/C38H40F3N11O2/c1-4-33(26(2)3)52-36(53)51(25-45-52)35-16-14-32(22-43-35)49-19-17-48(18-20-49)31-12-5-27(6-13-31)28-7-15-34(42-21-28)38(40,41)37(54,23-50-24-44-46-47-50)29-8-10-30(39)11-9-29/h5-16,21-22,24-26,33,54H,4,17-20,23H2,1-3H3/t33-,37?/m0/s1. The van der Waals surface area contributed by atoms with Crippen LogP contribution < -0.4 is 15.5 Å². The van der Waals surface area contributed by atoms with E-state index in [0.717, 1.165) is 84.8 Å². The van der Waals surface area contributed by atoms with Gasteiger partial charge in [-0.1, -0.05) is 51.1 Å². The number of pyridine rings is 2. The third-order valence-corrected chi connectivity index (χ3v) is 10.1. The number of hydrogen-bond acceptors (Lipinski definition) is 10. The van der Waals surface area contributed by atoms with Crippen LogP contribution in [0.5, 0.6) is 0 Å². The van der Waals surface area contributed by atoms with Crippen LogP contribution in [0.1, 0.15) is 44.5 Å². The number of aromatic nitrogens is 9. The van der Waals surface area contributed by atoms with Gasteiger partial charge in [-0.05, 0) is 76.4 Å². The van der Waals surface area contributed by atoms with Crippen molar-refractivity contribution in [2.45, 2.75) is 51.3 Å². The molecule has 5 heterocycles. The largest absolute Gasteiger partial charge is 0.377 e. The minimum Gasteiger partial charge on any atom is -0.377 e. The predicted molar refractivity (Wildman–Crippen MR) is 196 cm³/mol. The van der Waals surface area contributed by atoms with Gasteiger partial charge in [0.1, 0.15) is 30.0 Å². The minimum atomic E-state index is -3.91. The number of tetrazole rings is 1. The van der Waals surface area contributed by atoms with E-state index in [2.05, 4.69) is 61.2 Å². The molecule has 1 N–H and O–H groups in total. The zero-order chi connectivity index (χ0) is 38.0. The number of piperazine rings is 1. The van der Waals surface area contributed by atoms with Crippen LogP contribution in [-0.2, 0) is 18.1 Å². The summed E-state index contributed by atoms with van der Waals surface area (Å²) in [7, 11) is 0. The summed E-state index contributed by atoms with van der Waals surface area (Å²) in [6.45, 7) is 8.59. The van der Waals surface area contributed by atoms with Crippen LogP contribution >= 0.6 is 0 Å². The highest BCUT2D eigenvalue weighted by Crippen LogP contribution is 2.46. The summed E-state index contributed by atoms with van der Waals surface area (Å²) in [4.78, 5) is 26.2. The number of halogens is 3. The van der Waals surface area contributed by atoms with Crippen LogP contribution in [0.4, 0.5) is 24.5 Å². The topological polar surface area (TPSA) is 136 Å². The molecule has 1 saturated heterocycles. The molecular formula is C38H40F3N11O2. The van der Waals surface area contributed by atoms with E-state index in [-0.39, 0.29) is 23.2 Å². The lowest BCUT2D eigenvalue weighted by Crippen LogP contribution is -2.47. The molecular weight excluding hydrogens is 699 g/mol. The van der Waals surface area contributed by atoms with Gasteiger partial charge in [-0.15, -0.1) is 5.10 Å². The molecule has 1 aliphatic rings. The Morgan fingerprint density at radius 1 is 0.815 bits per heavy atom. The Morgan fingerprint density at radius 2 is 1.48 bits per heavy atom. The van der Waals surface area contributed by atoms with Gasteiger partial charge in [0, 0.05) is 43.6 Å². The molecule has 280 valence electrons. The highest BCUT2D eigenvalue weighted by atomic mass is 19.3. The highest BCUT2D eigenvalue weighted by molar-refractivity contribution is 5.66. The van der Waals surface area contributed by atoms with Crippen molar-refractivity contribution in [3.63, 3.8) is 0 Å². The number of nitrogens with zero attached hydrogens (tertiary/aromatic N) is 11. The Balaban J connectivity index is 0.995. The number of anilines is 2. The fraction of sp³-hybridized carbons (Fsp3) is 0.342. The summed E-state index contributed by atoms with van der Waals surface area (Å²) in [5, 5.41) is 26.4. The molecule has 2 aromatic carbocycles. The van der Waals surface area contributed by atoms with Crippen molar-refractivity contribution in [1.29, 1.82) is 0 Å². The van der Waals surface area contributed by atoms with Gasteiger partial charge in [-0.3, -0.25) is 4.98 Å². The number of aliphatic hydroxyl groups is 1. The Hall–Kier alpha value is -5.90. The van der Waals surface area contributed by atoms with E-state index in [4.69, 9.17) is 0 Å². The van der Waals surface area contributed by atoms with Crippen LogP contribution in [0, 0.1) is 11.7 Å². The molecule has 1 aliphatic heterocycles. The molecule has 13 nitrogen and oxygen atoms in total.